The molecular weight excluding hydrogens is 372 g/mol. The highest BCUT2D eigenvalue weighted by molar-refractivity contribution is 7.16. The summed E-state index contributed by atoms with van der Waals surface area (Å²) in [5, 5.41) is 2.93. The Hall–Kier alpha value is -2.60. The van der Waals surface area contributed by atoms with Crippen molar-refractivity contribution in [1.82, 2.24) is 4.57 Å². The number of fused-ring (bicyclic) bond motifs is 1. The molecule has 0 aliphatic rings. The molecular formula is C22H26N2O3S. The lowest BCUT2D eigenvalue weighted by molar-refractivity contribution is -0.122. The van der Waals surface area contributed by atoms with Gasteiger partial charge in [0.25, 0.3) is 5.91 Å². The normalized spacial score (nSPS) is 12.4. The van der Waals surface area contributed by atoms with E-state index in [4.69, 9.17) is 4.74 Å². The topological polar surface area (TPSA) is 60.3 Å². The first kappa shape index (κ1) is 20.1. The summed E-state index contributed by atoms with van der Waals surface area (Å²) in [5.41, 5.74) is 3.72. The fraction of sp³-hybridized carbons (Fsp3) is 0.364. The number of aromatic nitrogens is 1. The molecule has 0 aliphatic heterocycles. The van der Waals surface area contributed by atoms with Crippen molar-refractivity contribution in [3.8, 4) is 5.75 Å². The molecule has 6 heteroatoms. The molecule has 0 aliphatic carbocycles. The van der Waals surface area contributed by atoms with E-state index in [1.54, 1.807) is 4.57 Å². The minimum Gasteiger partial charge on any atom is -0.480 e. The van der Waals surface area contributed by atoms with Gasteiger partial charge in [-0.15, -0.1) is 0 Å². The smallest absolute Gasteiger partial charge is 0.308 e. The number of rotatable bonds is 6. The maximum atomic E-state index is 12.7. The quantitative estimate of drug-likeness (QED) is 0.631. The van der Waals surface area contributed by atoms with Crippen molar-refractivity contribution in [2.45, 2.75) is 53.2 Å². The summed E-state index contributed by atoms with van der Waals surface area (Å²) in [5.74, 6) is 0.521. The number of aryl methyl sites for hydroxylation is 2. The predicted octanol–water partition coefficient (Wildman–Crippen LogP) is 5.06. The Morgan fingerprint density at radius 2 is 1.93 bits per heavy atom. The molecule has 1 atom stereocenters. The maximum absolute atomic E-state index is 12.7. The van der Waals surface area contributed by atoms with Gasteiger partial charge in [-0.2, -0.15) is 0 Å². The molecule has 1 heterocycles. The largest absolute Gasteiger partial charge is 0.480 e. The fourth-order valence-corrected chi connectivity index (χ4v) is 4.29. The average molecular weight is 399 g/mol. The van der Waals surface area contributed by atoms with E-state index in [0.29, 0.717) is 12.1 Å². The number of amides is 1. The second-order valence-corrected chi connectivity index (χ2v) is 8.28. The Bertz CT molecular complexity index is 1070. The molecule has 1 unspecified atom stereocenters. The van der Waals surface area contributed by atoms with Crippen LogP contribution in [0.4, 0.5) is 5.69 Å². The van der Waals surface area contributed by atoms with Gasteiger partial charge in [-0.25, -0.2) is 0 Å². The molecule has 0 radical (unpaired) electrons. The van der Waals surface area contributed by atoms with Gasteiger partial charge >= 0.3 is 4.87 Å². The van der Waals surface area contributed by atoms with Gasteiger partial charge in [-0.3, -0.25) is 14.2 Å². The van der Waals surface area contributed by atoms with Crippen LogP contribution in [0.15, 0.2) is 41.2 Å². The Morgan fingerprint density at radius 3 is 2.57 bits per heavy atom. The van der Waals surface area contributed by atoms with E-state index in [1.807, 2.05) is 71.0 Å². The van der Waals surface area contributed by atoms with Crippen LogP contribution in [0.3, 0.4) is 0 Å². The van der Waals surface area contributed by atoms with Gasteiger partial charge in [0.15, 0.2) is 6.10 Å². The highest BCUT2D eigenvalue weighted by atomic mass is 32.1. The van der Waals surface area contributed by atoms with E-state index in [2.05, 4.69) is 5.32 Å². The predicted molar refractivity (Wildman–Crippen MR) is 116 cm³/mol. The SMILES string of the molecule is CCC(Oc1ccc(C)cc1C)C(=O)Nc1ccc2c(c1)sc(=O)n2C(C)C. The number of carbonyl (C=O) groups excluding carboxylic acids is 1. The van der Waals surface area contributed by atoms with Gasteiger partial charge in [-0.1, -0.05) is 36.0 Å². The lowest BCUT2D eigenvalue weighted by Gasteiger charge is -2.19. The van der Waals surface area contributed by atoms with Crippen LogP contribution < -0.4 is 14.9 Å². The van der Waals surface area contributed by atoms with Crippen molar-refractivity contribution >= 4 is 33.1 Å². The molecule has 28 heavy (non-hydrogen) atoms. The van der Waals surface area contributed by atoms with Crippen LogP contribution in [0.2, 0.25) is 0 Å². The number of nitrogens with zero attached hydrogens (tertiary/aromatic N) is 1. The number of hydrogen-bond acceptors (Lipinski definition) is 4. The van der Waals surface area contributed by atoms with E-state index in [-0.39, 0.29) is 16.8 Å². The Morgan fingerprint density at radius 1 is 1.18 bits per heavy atom. The number of thiazole rings is 1. The monoisotopic (exact) mass is 398 g/mol. The van der Waals surface area contributed by atoms with E-state index in [1.165, 1.54) is 11.3 Å². The molecule has 1 aromatic heterocycles. The second-order valence-electron chi connectivity index (χ2n) is 7.29. The van der Waals surface area contributed by atoms with Crippen LogP contribution in [0, 0.1) is 13.8 Å². The Labute approximate surface area is 169 Å². The number of hydrogen-bond donors (Lipinski definition) is 1. The summed E-state index contributed by atoms with van der Waals surface area (Å²) >= 11 is 1.19. The molecule has 0 saturated heterocycles. The van der Waals surface area contributed by atoms with Gasteiger partial charge in [-0.05, 0) is 63.9 Å². The molecule has 2 aromatic carbocycles. The van der Waals surface area contributed by atoms with Gasteiger partial charge in [0.05, 0.1) is 10.2 Å². The van der Waals surface area contributed by atoms with E-state index < -0.39 is 6.10 Å². The summed E-state index contributed by atoms with van der Waals surface area (Å²) < 4.78 is 8.59. The molecule has 3 rings (SSSR count). The third-order valence-electron chi connectivity index (χ3n) is 4.66. The first-order valence-electron chi connectivity index (χ1n) is 9.50. The summed E-state index contributed by atoms with van der Waals surface area (Å²) in [4.78, 5) is 25.0. The minimum atomic E-state index is -0.587. The van der Waals surface area contributed by atoms with Crippen molar-refractivity contribution in [2.75, 3.05) is 5.32 Å². The van der Waals surface area contributed by atoms with Crippen molar-refractivity contribution in [2.24, 2.45) is 0 Å². The van der Waals surface area contributed by atoms with Crippen LogP contribution >= 0.6 is 11.3 Å². The fourth-order valence-electron chi connectivity index (χ4n) is 3.23. The zero-order valence-electron chi connectivity index (χ0n) is 16.9. The van der Waals surface area contributed by atoms with Crippen LogP contribution in [0.25, 0.3) is 10.2 Å². The first-order valence-corrected chi connectivity index (χ1v) is 10.3. The number of nitrogens with one attached hydrogen (secondary N) is 1. The Balaban J connectivity index is 1.79. The van der Waals surface area contributed by atoms with Gasteiger partial charge < -0.3 is 10.1 Å². The van der Waals surface area contributed by atoms with Crippen LogP contribution in [-0.4, -0.2) is 16.6 Å². The molecule has 0 spiro atoms. The number of ether oxygens (including phenoxy) is 1. The molecule has 5 nitrogen and oxygen atoms in total. The minimum absolute atomic E-state index is 0.0121. The first-order chi connectivity index (χ1) is 13.3. The van der Waals surface area contributed by atoms with Crippen LogP contribution in [0.5, 0.6) is 5.75 Å². The zero-order valence-corrected chi connectivity index (χ0v) is 17.7. The van der Waals surface area contributed by atoms with E-state index in [9.17, 15) is 9.59 Å². The van der Waals surface area contributed by atoms with Crippen LogP contribution in [-0.2, 0) is 4.79 Å². The molecule has 3 aromatic rings. The standard InChI is InChI=1S/C22H26N2O3S/c1-6-18(27-19-10-7-14(4)11-15(19)5)21(25)23-16-8-9-17-20(12-16)28-22(26)24(17)13(2)3/h7-13,18H,6H2,1-5H3,(H,23,25). The Kier molecular flexibility index (Phi) is 5.89. The third kappa shape index (κ3) is 4.12. The number of carbonyl (C=O) groups is 1. The van der Waals surface area contributed by atoms with Crippen molar-refractivity contribution in [1.29, 1.82) is 0 Å². The van der Waals surface area contributed by atoms with E-state index >= 15 is 0 Å². The van der Waals surface area contributed by atoms with E-state index in [0.717, 1.165) is 27.1 Å². The molecule has 0 saturated carbocycles. The van der Waals surface area contributed by atoms with Crippen molar-refractivity contribution in [3.05, 3.63) is 57.2 Å². The second kappa shape index (κ2) is 8.19. The zero-order chi connectivity index (χ0) is 20.4. The summed E-state index contributed by atoms with van der Waals surface area (Å²) in [7, 11) is 0. The van der Waals surface area contributed by atoms with Gasteiger partial charge in [0.1, 0.15) is 5.75 Å². The molecule has 1 N–H and O–H groups in total. The summed E-state index contributed by atoms with van der Waals surface area (Å²) in [6.07, 6.45) is -0.0329. The molecule has 1 amide bonds. The molecule has 0 bridgehead atoms. The molecule has 148 valence electrons. The lowest BCUT2D eigenvalue weighted by atomic mass is 10.1. The maximum Gasteiger partial charge on any atom is 0.308 e. The van der Waals surface area contributed by atoms with Crippen molar-refractivity contribution < 1.29 is 9.53 Å². The summed E-state index contributed by atoms with van der Waals surface area (Å²) in [6, 6.07) is 11.6. The number of benzene rings is 2. The van der Waals surface area contributed by atoms with Gasteiger partial charge in [0, 0.05) is 11.7 Å². The molecule has 0 fully saturated rings. The van der Waals surface area contributed by atoms with Gasteiger partial charge in [0.2, 0.25) is 0 Å². The number of anilines is 1. The third-order valence-corrected chi connectivity index (χ3v) is 5.58. The average Bonchev–Trinajstić information content (AvgIpc) is 2.96. The highest BCUT2D eigenvalue weighted by Crippen LogP contribution is 2.25. The van der Waals surface area contributed by atoms with Crippen LogP contribution in [0.1, 0.15) is 44.4 Å². The summed E-state index contributed by atoms with van der Waals surface area (Å²) in [6.45, 7) is 9.89. The lowest BCUT2D eigenvalue weighted by Crippen LogP contribution is -2.32. The highest BCUT2D eigenvalue weighted by Gasteiger charge is 2.20. The van der Waals surface area contributed by atoms with Crippen molar-refractivity contribution in [3.63, 3.8) is 0 Å².